The average molecular weight is 420 g/mol. The Balaban J connectivity index is 1.37. The maximum atomic E-state index is 12.7. The number of halogens is 2. The molecule has 152 valence electrons. The van der Waals surface area contributed by atoms with Gasteiger partial charge in [0.05, 0.1) is 12.1 Å². The fourth-order valence-electron chi connectivity index (χ4n) is 3.31. The van der Waals surface area contributed by atoms with Gasteiger partial charge in [-0.25, -0.2) is 4.98 Å². The number of carbonyl (C=O) groups is 1. The van der Waals surface area contributed by atoms with Crippen LogP contribution in [0.15, 0.2) is 40.5 Å². The molecule has 1 aliphatic rings. The highest BCUT2D eigenvalue weighted by molar-refractivity contribution is 7.17. The molecule has 1 aromatic carbocycles. The van der Waals surface area contributed by atoms with Crippen LogP contribution in [0.2, 0.25) is 0 Å². The topological polar surface area (TPSA) is 78.5 Å². The third-order valence-corrected chi connectivity index (χ3v) is 5.61. The number of carbonyl (C=O) groups excluding carboxylic acids is 1. The molecule has 3 heterocycles. The van der Waals surface area contributed by atoms with E-state index >= 15 is 0 Å². The van der Waals surface area contributed by atoms with Crippen molar-refractivity contribution in [3.63, 3.8) is 0 Å². The van der Waals surface area contributed by atoms with E-state index in [1.807, 2.05) is 11.4 Å². The molecule has 0 saturated carbocycles. The lowest BCUT2D eigenvalue weighted by Gasteiger charge is -2.34. The lowest BCUT2D eigenvalue weighted by molar-refractivity contribution is -0.0499. The number of aromatic amines is 1. The van der Waals surface area contributed by atoms with Gasteiger partial charge in [0.25, 0.3) is 11.5 Å². The number of rotatable bonds is 5. The van der Waals surface area contributed by atoms with Crippen molar-refractivity contribution in [1.82, 2.24) is 19.8 Å². The summed E-state index contributed by atoms with van der Waals surface area (Å²) in [5.41, 5.74) is 0.860. The smallest absolute Gasteiger partial charge is 0.387 e. The van der Waals surface area contributed by atoms with Gasteiger partial charge in [-0.05, 0) is 29.6 Å². The van der Waals surface area contributed by atoms with Gasteiger partial charge in [0, 0.05) is 31.7 Å². The summed E-state index contributed by atoms with van der Waals surface area (Å²) in [6.45, 7) is -0.236. The number of hydrogen-bond acceptors (Lipinski definition) is 6. The van der Waals surface area contributed by atoms with Crippen molar-refractivity contribution in [3.8, 4) is 5.75 Å². The quantitative estimate of drug-likeness (QED) is 0.686. The number of fused-ring (bicyclic) bond motifs is 1. The standard InChI is InChI=1S/C19H18F2N4O3S/c20-19(21)28-13-3-1-2-12(10-13)18(27)25-7-5-24(6-8-25)11-15-22-14-4-9-29-16(14)17(26)23-15/h1-4,9-10,19H,5-8,11H2,(H,22,23,26). The lowest BCUT2D eigenvalue weighted by atomic mass is 10.1. The van der Waals surface area contributed by atoms with Crippen LogP contribution in [0, 0.1) is 0 Å². The number of nitrogens with one attached hydrogen (secondary N) is 1. The molecule has 10 heteroatoms. The summed E-state index contributed by atoms with van der Waals surface area (Å²) in [7, 11) is 0. The van der Waals surface area contributed by atoms with E-state index in [0.717, 1.165) is 0 Å². The van der Waals surface area contributed by atoms with Crippen molar-refractivity contribution in [2.24, 2.45) is 0 Å². The molecule has 0 aliphatic carbocycles. The van der Waals surface area contributed by atoms with Crippen molar-refractivity contribution >= 4 is 27.5 Å². The maximum absolute atomic E-state index is 12.7. The zero-order valence-corrected chi connectivity index (χ0v) is 16.1. The van der Waals surface area contributed by atoms with E-state index in [1.165, 1.54) is 29.5 Å². The Hall–Kier alpha value is -2.85. The molecule has 0 radical (unpaired) electrons. The fraction of sp³-hybridized carbons (Fsp3) is 0.316. The number of ether oxygens (including phenoxy) is 1. The molecule has 0 spiro atoms. The Morgan fingerprint density at radius 3 is 2.79 bits per heavy atom. The van der Waals surface area contributed by atoms with E-state index in [4.69, 9.17) is 0 Å². The molecule has 0 unspecified atom stereocenters. The molecular weight excluding hydrogens is 402 g/mol. The minimum atomic E-state index is -2.93. The van der Waals surface area contributed by atoms with Gasteiger partial charge in [-0.2, -0.15) is 8.78 Å². The molecule has 1 aliphatic heterocycles. The van der Waals surface area contributed by atoms with Gasteiger partial charge in [0.15, 0.2) is 0 Å². The van der Waals surface area contributed by atoms with Crippen molar-refractivity contribution in [2.75, 3.05) is 26.2 Å². The van der Waals surface area contributed by atoms with Gasteiger partial charge >= 0.3 is 6.61 Å². The van der Waals surface area contributed by atoms with E-state index in [0.29, 0.717) is 54.3 Å². The molecular formula is C19H18F2N4O3S. The highest BCUT2D eigenvalue weighted by atomic mass is 32.1. The Morgan fingerprint density at radius 2 is 2.03 bits per heavy atom. The van der Waals surface area contributed by atoms with Crippen LogP contribution in [-0.4, -0.2) is 58.5 Å². The van der Waals surface area contributed by atoms with Crippen LogP contribution in [0.4, 0.5) is 8.78 Å². The van der Waals surface area contributed by atoms with Gasteiger partial charge in [-0.1, -0.05) is 6.07 Å². The molecule has 3 aromatic rings. The predicted octanol–water partition coefficient (Wildman–Crippen LogP) is 2.54. The number of aromatic nitrogens is 2. The van der Waals surface area contributed by atoms with E-state index in [1.54, 1.807) is 11.0 Å². The van der Waals surface area contributed by atoms with Crippen molar-refractivity contribution in [3.05, 3.63) is 57.5 Å². The van der Waals surface area contributed by atoms with Crippen LogP contribution in [-0.2, 0) is 6.54 Å². The van der Waals surface area contributed by atoms with Gasteiger partial charge in [-0.3, -0.25) is 14.5 Å². The number of hydrogen-bond donors (Lipinski definition) is 1. The minimum absolute atomic E-state index is 0.0386. The number of H-pyrrole nitrogens is 1. The second-order valence-electron chi connectivity index (χ2n) is 6.62. The summed E-state index contributed by atoms with van der Waals surface area (Å²) in [4.78, 5) is 35.8. The largest absolute Gasteiger partial charge is 0.435 e. The van der Waals surface area contributed by atoms with Gasteiger partial charge in [0.2, 0.25) is 0 Å². The van der Waals surface area contributed by atoms with Crippen LogP contribution < -0.4 is 10.3 Å². The first-order valence-corrected chi connectivity index (χ1v) is 9.90. The zero-order valence-electron chi connectivity index (χ0n) is 15.3. The fourth-order valence-corrected chi connectivity index (χ4v) is 4.03. The minimum Gasteiger partial charge on any atom is -0.435 e. The highest BCUT2D eigenvalue weighted by Crippen LogP contribution is 2.19. The van der Waals surface area contributed by atoms with Crippen LogP contribution in [0.25, 0.3) is 10.2 Å². The predicted molar refractivity (Wildman–Crippen MR) is 104 cm³/mol. The number of benzene rings is 1. The monoisotopic (exact) mass is 420 g/mol. The first-order chi connectivity index (χ1) is 14.0. The molecule has 1 fully saturated rings. The average Bonchev–Trinajstić information content (AvgIpc) is 3.17. The van der Waals surface area contributed by atoms with Crippen LogP contribution >= 0.6 is 11.3 Å². The molecule has 29 heavy (non-hydrogen) atoms. The van der Waals surface area contributed by atoms with Crippen LogP contribution in [0.5, 0.6) is 5.75 Å². The highest BCUT2D eigenvalue weighted by Gasteiger charge is 2.23. The number of nitrogens with zero attached hydrogens (tertiary/aromatic N) is 3. The molecule has 7 nitrogen and oxygen atoms in total. The van der Waals surface area contributed by atoms with Crippen molar-refractivity contribution < 1.29 is 18.3 Å². The second-order valence-corrected chi connectivity index (χ2v) is 7.54. The van der Waals surface area contributed by atoms with Crippen molar-refractivity contribution in [1.29, 1.82) is 0 Å². The zero-order chi connectivity index (χ0) is 20.4. The molecule has 4 rings (SSSR count). The van der Waals surface area contributed by atoms with Gasteiger partial charge in [0.1, 0.15) is 16.3 Å². The number of thiophene rings is 1. The third-order valence-electron chi connectivity index (χ3n) is 4.70. The maximum Gasteiger partial charge on any atom is 0.387 e. The lowest BCUT2D eigenvalue weighted by Crippen LogP contribution is -2.48. The second kappa shape index (κ2) is 8.26. The molecule has 0 atom stereocenters. The Morgan fingerprint density at radius 1 is 1.24 bits per heavy atom. The van der Waals surface area contributed by atoms with Crippen LogP contribution in [0.1, 0.15) is 16.2 Å². The normalized spacial score (nSPS) is 15.2. The van der Waals surface area contributed by atoms with Gasteiger partial charge < -0.3 is 14.6 Å². The van der Waals surface area contributed by atoms with Gasteiger partial charge in [-0.15, -0.1) is 11.3 Å². The van der Waals surface area contributed by atoms with E-state index in [-0.39, 0.29) is 17.2 Å². The van der Waals surface area contributed by atoms with Crippen molar-refractivity contribution in [2.45, 2.75) is 13.2 Å². The van der Waals surface area contributed by atoms with E-state index in [9.17, 15) is 18.4 Å². The van der Waals surface area contributed by atoms with Crippen LogP contribution in [0.3, 0.4) is 0 Å². The summed E-state index contributed by atoms with van der Waals surface area (Å²) in [5, 5.41) is 1.84. The summed E-state index contributed by atoms with van der Waals surface area (Å²) >= 11 is 1.36. The number of alkyl halides is 2. The Bertz CT molecular complexity index is 1080. The number of amides is 1. The third kappa shape index (κ3) is 4.43. The Labute approximate surface area is 168 Å². The first-order valence-electron chi connectivity index (χ1n) is 9.02. The molecule has 1 amide bonds. The summed E-state index contributed by atoms with van der Waals surface area (Å²) in [5.74, 6) is 0.330. The Kier molecular flexibility index (Phi) is 5.54. The summed E-state index contributed by atoms with van der Waals surface area (Å²) in [6, 6.07) is 7.63. The number of piperazine rings is 1. The van der Waals surface area contributed by atoms with E-state index in [2.05, 4.69) is 19.6 Å². The molecule has 0 bridgehead atoms. The molecule has 1 N–H and O–H groups in total. The first kappa shape index (κ1) is 19.5. The summed E-state index contributed by atoms with van der Waals surface area (Å²) < 4.78 is 29.7. The van der Waals surface area contributed by atoms with E-state index < -0.39 is 6.61 Å². The molecule has 2 aromatic heterocycles. The SMILES string of the molecule is O=C(c1cccc(OC(F)F)c1)N1CCN(Cc2nc3ccsc3c(=O)[nH]2)CC1. The molecule has 1 saturated heterocycles. The summed E-state index contributed by atoms with van der Waals surface area (Å²) in [6.07, 6.45) is 0.